The van der Waals surface area contributed by atoms with Crippen molar-refractivity contribution in [3.8, 4) is 0 Å². The first-order chi connectivity index (χ1) is 8.20. The molecular weight excluding hydrogens is 218 g/mol. The fourth-order valence-corrected chi connectivity index (χ4v) is 1.42. The van der Waals surface area contributed by atoms with Crippen molar-refractivity contribution >= 4 is 17.4 Å². The van der Waals surface area contributed by atoms with Gasteiger partial charge in [-0.25, -0.2) is 0 Å². The number of nitrogen functional groups attached to an aromatic ring is 1. The van der Waals surface area contributed by atoms with Crippen molar-refractivity contribution in [1.82, 2.24) is 15.4 Å². The maximum atomic E-state index is 11.7. The molecule has 2 rings (SSSR count). The summed E-state index contributed by atoms with van der Waals surface area (Å²) >= 11 is 0. The summed E-state index contributed by atoms with van der Waals surface area (Å²) in [4.78, 5) is 11.7. The summed E-state index contributed by atoms with van der Waals surface area (Å²) in [5.74, 6) is -0.284. The van der Waals surface area contributed by atoms with Gasteiger partial charge in [0.2, 0.25) is 0 Å². The number of anilines is 2. The van der Waals surface area contributed by atoms with Gasteiger partial charge in [-0.15, -0.1) is 10.2 Å². The Morgan fingerprint density at radius 3 is 2.59 bits per heavy atom. The van der Waals surface area contributed by atoms with E-state index >= 15 is 0 Å². The Morgan fingerprint density at radius 1 is 1.35 bits per heavy atom. The monoisotopic (exact) mass is 231 g/mol. The molecule has 88 valence electrons. The van der Waals surface area contributed by atoms with Crippen LogP contribution in [0.3, 0.4) is 0 Å². The number of nitrogens with one attached hydrogen (secondary N) is 2. The Kier molecular flexibility index (Phi) is 3.04. The largest absolute Gasteiger partial charge is 0.380 e. The van der Waals surface area contributed by atoms with Gasteiger partial charge < -0.3 is 11.1 Å². The SMILES string of the molecule is CCc1ccc(NC(=O)c2n[nH]nc2N)cc1. The molecule has 0 fully saturated rings. The van der Waals surface area contributed by atoms with Gasteiger partial charge in [-0.3, -0.25) is 4.79 Å². The van der Waals surface area contributed by atoms with Gasteiger partial charge >= 0.3 is 0 Å². The number of carbonyl (C=O) groups is 1. The number of aryl methyl sites for hydroxylation is 1. The second kappa shape index (κ2) is 4.65. The minimum absolute atomic E-state index is 0.0904. The van der Waals surface area contributed by atoms with Crippen LogP contribution in [0.15, 0.2) is 24.3 Å². The first-order valence-electron chi connectivity index (χ1n) is 5.27. The summed E-state index contributed by atoms with van der Waals surface area (Å²) in [7, 11) is 0. The lowest BCUT2D eigenvalue weighted by molar-refractivity contribution is 0.102. The van der Waals surface area contributed by atoms with E-state index in [2.05, 4.69) is 27.7 Å². The number of carbonyl (C=O) groups excluding carboxylic acids is 1. The molecule has 0 saturated heterocycles. The van der Waals surface area contributed by atoms with Gasteiger partial charge in [-0.1, -0.05) is 19.1 Å². The first kappa shape index (κ1) is 11.1. The molecular formula is C11H13N5O. The molecule has 2 aromatic rings. The lowest BCUT2D eigenvalue weighted by Crippen LogP contribution is -2.14. The maximum Gasteiger partial charge on any atom is 0.280 e. The second-order valence-electron chi connectivity index (χ2n) is 3.56. The third kappa shape index (κ3) is 2.41. The van der Waals surface area contributed by atoms with E-state index in [1.807, 2.05) is 24.3 Å². The Bertz CT molecular complexity index is 517. The standard InChI is InChI=1S/C11H13N5O/c1-2-7-3-5-8(6-4-7)13-11(17)9-10(12)15-16-14-9/h3-6H,2H2,1H3,(H,13,17)(H3,12,14,15,16). The topological polar surface area (TPSA) is 96.7 Å². The summed E-state index contributed by atoms with van der Waals surface area (Å²) < 4.78 is 0. The number of nitrogens with zero attached hydrogens (tertiary/aromatic N) is 2. The van der Waals surface area contributed by atoms with Crippen LogP contribution < -0.4 is 11.1 Å². The van der Waals surface area contributed by atoms with Crippen molar-refractivity contribution in [3.05, 3.63) is 35.5 Å². The molecule has 6 nitrogen and oxygen atoms in total. The molecule has 17 heavy (non-hydrogen) atoms. The predicted octanol–water partition coefficient (Wildman–Crippen LogP) is 1.20. The van der Waals surface area contributed by atoms with E-state index in [-0.39, 0.29) is 17.4 Å². The van der Waals surface area contributed by atoms with Crippen LogP contribution in [0.25, 0.3) is 0 Å². The second-order valence-corrected chi connectivity index (χ2v) is 3.56. The Balaban J connectivity index is 2.10. The molecule has 0 spiro atoms. The molecule has 0 saturated carbocycles. The van der Waals surface area contributed by atoms with Crippen LogP contribution in [0.4, 0.5) is 11.5 Å². The van der Waals surface area contributed by atoms with Crippen molar-refractivity contribution in [2.24, 2.45) is 0 Å². The summed E-state index contributed by atoms with van der Waals surface area (Å²) in [6.45, 7) is 2.07. The minimum Gasteiger partial charge on any atom is -0.380 e. The van der Waals surface area contributed by atoms with E-state index in [4.69, 9.17) is 5.73 Å². The number of hydrogen-bond acceptors (Lipinski definition) is 4. The number of aromatic amines is 1. The quantitative estimate of drug-likeness (QED) is 0.739. The van der Waals surface area contributed by atoms with E-state index in [0.29, 0.717) is 5.69 Å². The number of nitrogens with two attached hydrogens (primary N) is 1. The van der Waals surface area contributed by atoms with E-state index < -0.39 is 0 Å². The first-order valence-corrected chi connectivity index (χ1v) is 5.27. The lowest BCUT2D eigenvalue weighted by Gasteiger charge is -2.04. The van der Waals surface area contributed by atoms with Crippen molar-refractivity contribution < 1.29 is 4.79 Å². The average Bonchev–Trinajstić information content (AvgIpc) is 2.76. The molecule has 0 atom stereocenters. The van der Waals surface area contributed by atoms with E-state index in [0.717, 1.165) is 6.42 Å². The summed E-state index contributed by atoms with van der Waals surface area (Å²) in [6.07, 6.45) is 0.963. The Labute approximate surface area is 98.2 Å². The average molecular weight is 231 g/mol. The number of amides is 1. The van der Waals surface area contributed by atoms with Crippen molar-refractivity contribution in [3.63, 3.8) is 0 Å². The van der Waals surface area contributed by atoms with Gasteiger partial charge in [-0.05, 0) is 24.1 Å². The van der Waals surface area contributed by atoms with E-state index in [9.17, 15) is 4.79 Å². The van der Waals surface area contributed by atoms with E-state index in [1.54, 1.807) is 0 Å². The van der Waals surface area contributed by atoms with Gasteiger partial charge in [-0.2, -0.15) is 5.21 Å². The highest BCUT2D eigenvalue weighted by atomic mass is 16.2. The molecule has 1 aromatic carbocycles. The number of aromatic nitrogens is 3. The van der Waals surface area contributed by atoms with Crippen molar-refractivity contribution in [1.29, 1.82) is 0 Å². The molecule has 1 heterocycles. The fraction of sp³-hybridized carbons (Fsp3) is 0.182. The summed E-state index contributed by atoms with van der Waals surface area (Å²) in [6, 6.07) is 7.60. The van der Waals surface area contributed by atoms with Gasteiger partial charge in [0.15, 0.2) is 11.5 Å². The zero-order valence-corrected chi connectivity index (χ0v) is 9.40. The fourth-order valence-electron chi connectivity index (χ4n) is 1.42. The van der Waals surface area contributed by atoms with Crippen LogP contribution in [-0.2, 0) is 6.42 Å². The highest BCUT2D eigenvalue weighted by Gasteiger charge is 2.13. The highest BCUT2D eigenvalue weighted by Crippen LogP contribution is 2.12. The highest BCUT2D eigenvalue weighted by molar-refractivity contribution is 6.05. The van der Waals surface area contributed by atoms with Gasteiger partial charge in [0.1, 0.15) is 0 Å². The number of benzene rings is 1. The normalized spacial score (nSPS) is 10.2. The molecule has 6 heteroatoms. The predicted molar refractivity (Wildman–Crippen MR) is 64.6 cm³/mol. The Hall–Kier alpha value is -2.37. The summed E-state index contributed by atoms with van der Waals surface area (Å²) in [5.41, 5.74) is 7.49. The summed E-state index contributed by atoms with van der Waals surface area (Å²) in [5, 5.41) is 12.3. The van der Waals surface area contributed by atoms with Crippen LogP contribution in [0, 0.1) is 0 Å². The lowest BCUT2D eigenvalue weighted by atomic mass is 10.1. The minimum atomic E-state index is -0.375. The molecule has 1 amide bonds. The van der Waals surface area contributed by atoms with Crippen LogP contribution in [0.1, 0.15) is 23.0 Å². The molecule has 0 aliphatic carbocycles. The van der Waals surface area contributed by atoms with Gasteiger partial charge in [0, 0.05) is 5.69 Å². The Morgan fingerprint density at radius 2 is 2.06 bits per heavy atom. The molecule has 0 unspecified atom stereocenters. The third-order valence-electron chi connectivity index (χ3n) is 2.41. The zero-order valence-electron chi connectivity index (χ0n) is 9.40. The number of hydrogen-bond donors (Lipinski definition) is 3. The number of rotatable bonds is 3. The number of H-pyrrole nitrogens is 1. The van der Waals surface area contributed by atoms with Gasteiger partial charge in [0.05, 0.1) is 0 Å². The molecule has 1 aromatic heterocycles. The molecule has 0 radical (unpaired) electrons. The van der Waals surface area contributed by atoms with Crippen LogP contribution >= 0.6 is 0 Å². The zero-order chi connectivity index (χ0) is 12.3. The van der Waals surface area contributed by atoms with Crippen molar-refractivity contribution in [2.45, 2.75) is 13.3 Å². The smallest absolute Gasteiger partial charge is 0.280 e. The van der Waals surface area contributed by atoms with Crippen LogP contribution in [0.2, 0.25) is 0 Å². The van der Waals surface area contributed by atoms with Crippen LogP contribution in [0.5, 0.6) is 0 Å². The molecule has 0 aliphatic heterocycles. The molecule has 0 bridgehead atoms. The molecule has 0 aliphatic rings. The van der Waals surface area contributed by atoms with E-state index in [1.165, 1.54) is 5.56 Å². The van der Waals surface area contributed by atoms with Crippen molar-refractivity contribution in [2.75, 3.05) is 11.1 Å². The molecule has 4 N–H and O–H groups in total. The van der Waals surface area contributed by atoms with Crippen LogP contribution in [-0.4, -0.2) is 21.3 Å². The maximum absolute atomic E-state index is 11.7. The third-order valence-corrected chi connectivity index (χ3v) is 2.41. The van der Waals surface area contributed by atoms with Gasteiger partial charge in [0.25, 0.3) is 5.91 Å².